The molecule has 124 valence electrons. The molecule has 3 aliphatic rings. The smallest absolute Gasteiger partial charge is 0.198 e. The maximum absolute atomic E-state index is 6.55. The third kappa shape index (κ3) is 2.02. The molecule has 0 saturated heterocycles. The van der Waals surface area contributed by atoms with E-state index in [4.69, 9.17) is 14.3 Å². The third-order valence-corrected chi connectivity index (χ3v) is 5.57. The van der Waals surface area contributed by atoms with Crippen molar-refractivity contribution in [2.75, 3.05) is 0 Å². The highest BCUT2D eigenvalue weighted by Gasteiger charge is 2.50. The van der Waals surface area contributed by atoms with Gasteiger partial charge in [0.05, 0.1) is 6.04 Å². The summed E-state index contributed by atoms with van der Waals surface area (Å²) < 4.78 is 12.4. The molecule has 0 N–H and O–H groups in total. The zero-order chi connectivity index (χ0) is 16.1. The molecular weight excluding hydrogens is 300 g/mol. The van der Waals surface area contributed by atoms with Gasteiger partial charge in [-0.3, -0.25) is 0 Å². The van der Waals surface area contributed by atoms with Gasteiger partial charge in [-0.15, -0.1) is 0 Å². The first kappa shape index (κ1) is 14.1. The number of hydrogen-bond acceptors (Lipinski definition) is 4. The number of hydrogen-bond donors (Lipinski definition) is 0. The summed E-state index contributed by atoms with van der Waals surface area (Å²) in [7, 11) is 0. The monoisotopic (exact) mass is 322 g/mol. The summed E-state index contributed by atoms with van der Waals surface area (Å²) in [6.45, 7) is 1.98. The number of nitrogens with zero attached hydrogens (tertiary/aromatic N) is 2. The van der Waals surface area contributed by atoms with Crippen LogP contribution in [0.3, 0.4) is 0 Å². The molecule has 24 heavy (non-hydrogen) atoms. The molecule has 1 spiro atoms. The van der Waals surface area contributed by atoms with Gasteiger partial charge in [0.15, 0.2) is 5.72 Å². The Balaban J connectivity index is 1.60. The first-order valence-corrected chi connectivity index (χ1v) is 8.97. The predicted octanol–water partition coefficient (Wildman–Crippen LogP) is 4.79. The summed E-state index contributed by atoms with van der Waals surface area (Å²) in [5.74, 6) is 2.86. The van der Waals surface area contributed by atoms with E-state index in [0.717, 1.165) is 42.2 Å². The fourth-order valence-electron chi connectivity index (χ4n) is 4.40. The van der Waals surface area contributed by atoms with Gasteiger partial charge in [0.1, 0.15) is 23.0 Å². The number of fused-ring (bicyclic) bond motifs is 4. The molecule has 1 aliphatic carbocycles. The average molecular weight is 322 g/mol. The number of aryl methyl sites for hydroxylation is 1. The molecule has 1 atom stereocenters. The molecule has 1 aromatic carbocycles. The van der Waals surface area contributed by atoms with Crippen LogP contribution in [0.4, 0.5) is 0 Å². The number of rotatable bonds is 1. The van der Waals surface area contributed by atoms with E-state index in [1.54, 1.807) is 0 Å². The zero-order valence-electron chi connectivity index (χ0n) is 14.0. The van der Waals surface area contributed by atoms with Crippen LogP contribution in [0.15, 0.2) is 45.9 Å². The second kappa shape index (κ2) is 5.13. The molecule has 5 rings (SSSR count). The lowest BCUT2D eigenvalue weighted by Crippen LogP contribution is -2.54. The van der Waals surface area contributed by atoms with Crippen molar-refractivity contribution in [1.82, 2.24) is 5.01 Å². The first-order chi connectivity index (χ1) is 11.8. The largest absolute Gasteiger partial charge is 0.466 e. The summed E-state index contributed by atoms with van der Waals surface area (Å²) in [6.07, 6.45) is 6.68. The van der Waals surface area contributed by atoms with Crippen LogP contribution >= 0.6 is 0 Å². The Morgan fingerprint density at radius 1 is 1.08 bits per heavy atom. The highest BCUT2D eigenvalue weighted by atomic mass is 16.5. The molecule has 1 fully saturated rings. The molecule has 1 aromatic heterocycles. The molecule has 3 heterocycles. The van der Waals surface area contributed by atoms with Gasteiger partial charge in [-0.2, -0.15) is 5.10 Å². The normalized spacial score (nSPS) is 24.3. The Hall–Kier alpha value is -2.23. The summed E-state index contributed by atoms with van der Waals surface area (Å²) in [4.78, 5) is 0. The van der Waals surface area contributed by atoms with Crippen LogP contribution in [0.2, 0.25) is 0 Å². The summed E-state index contributed by atoms with van der Waals surface area (Å²) in [5, 5.41) is 7.25. The molecule has 0 radical (unpaired) electrons. The van der Waals surface area contributed by atoms with Crippen LogP contribution < -0.4 is 4.74 Å². The fourth-order valence-corrected chi connectivity index (χ4v) is 4.40. The van der Waals surface area contributed by atoms with Gasteiger partial charge in [-0.25, -0.2) is 5.01 Å². The van der Waals surface area contributed by atoms with Gasteiger partial charge < -0.3 is 9.15 Å². The zero-order valence-corrected chi connectivity index (χ0v) is 14.0. The number of furan rings is 1. The fraction of sp³-hybridized carbons (Fsp3) is 0.450. The van der Waals surface area contributed by atoms with Crippen LogP contribution in [0.5, 0.6) is 5.75 Å². The second-order valence-corrected chi connectivity index (χ2v) is 7.17. The van der Waals surface area contributed by atoms with Crippen molar-refractivity contribution >= 4 is 5.71 Å². The molecule has 1 saturated carbocycles. The number of para-hydroxylation sites is 1. The standard InChI is InChI=1S/C20H22N2O2/c1-14-9-10-19(23-14)16-13-17-15-7-3-4-8-18(15)24-20(22(17)21-16)11-5-2-6-12-20/h3-4,7-10,17H,2,5-6,11-13H2,1H3/t17-/m1/s1. The van der Waals surface area contributed by atoms with Crippen LogP contribution in [0.1, 0.15) is 61.7 Å². The second-order valence-electron chi connectivity index (χ2n) is 7.17. The van der Waals surface area contributed by atoms with E-state index in [1.165, 1.54) is 24.8 Å². The lowest BCUT2D eigenvalue weighted by atomic mass is 9.87. The van der Waals surface area contributed by atoms with E-state index in [9.17, 15) is 0 Å². The topological polar surface area (TPSA) is 38.0 Å². The molecular formula is C20H22N2O2. The Morgan fingerprint density at radius 2 is 1.92 bits per heavy atom. The molecule has 2 aliphatic heterocycles. The van der Waals surface area contributed by atoms with Gasteiger partial charge in [0.2, 0.25) is 0 Å². The maximum Gasteiger partial charge on any atom is 0.198 e. The minimum atomic E-state index is -0.277. The molecule has 0 amide bonds. The molecule has 2 aromatic rings. The number of ether oxygens (including phenoxy) is 1. The first-order valence-electron chi connectivity index (χ1n) is 8.97. The summed E-state index contributed by atoms with van der Waals surface area (Å²) >= 11 is 0. The third-order valence-electron chi connectivity index (χ3n) is 5.57. The number of benzene rings is 1. The quantitative estimate of drug-likeness (QED) is 0.757. The van der Waals surface area contributed by atoms with Gasteiger partial charge in [-0.05, 0) is 38.0 Å². The minimum Gasteiger partial charge on any atom is -0.466 e. The Kier molecular flexibility index (Phi) is 3.02. The lowest BCUT2D eigenvalue weighted by Gasteiger charge is -2.49. The van der Waals surface area contributed by atoms with E-state index in [-0.39, 0.29) is 11.8 Å². The van der Waals surface area contributed by atoms with E-state index in [0.29, 0.717) is 0 Å². The van der Waals surface area contributed by atoms with E-state index in [1.807, 2.05) is 19.1 Å². The Morgan fingerprint density at radius 3 is 2.71 bits per heavy atom. The summed E-state index contributed by atoms with van der Waals surface area (Å²) in [5.41, 5.74) is 2.01. The summed E-state index contributed by atoms with van der Waals surface area (Å²) in [6, 6.07) is 12.7. The van der Waals surface area contributed by atoms with E-state index in [2.05, 4.69) is 29.3 Å². The SMILES string of the molecule is Cc1ccc(C2=NN3[C@H](C2)c2ccccc2OC32CCCCC2)o1. The average Bonchev–Trinajstić information content (AvgIpc) is 3.23. The van der Waals surface area contributed by atoms with Gasteiger partial charge >= 0.3 is 0 Å². The van der Waals surface area contributed by atoms with E-state index >= 15 is 0 Å². The Bertz CT molecular complexity index is 801. The van der Waals surface area contributed by atoms with Gasteiger partial charge in [0.25, 0.3) is 0 Å². The highest BCUT2D eigenvalue weighted by molar-refractivity contribution is 5.99. The van der Waals surface area contributed by atoms with Crippen molar-refractivity contribution in [2.45, 2.75) is 57.2 Å². The molecule has 0 unspecified atom stereocenters. The predicted molar refractivity (Wildman–Crippen MR) is 92.1 cm³/mol. The van der Waals surface area contributed by atoms with Gasteiger partial charge in [0, 0.05) is 24.8 Å². The van der Waals surface area contributed by atoms with Crippen molar-refractivity contribution in [3.05, 3.63) is 53.5 Å². The molecule has 4 heteroatoms. The van der Waals surface area contributed by atoms with Crippen molar-refractivity contribution in [3.63, 3.8) is 0 Å². The van der Waals surface area contributed by atoms with E-state index < -0.39 is 0 Å². The van der Waals surface area contributed by atoms with Crippen molar-refractivity contribution < 1.29 is 9.15 Å². The molecule has 4 nitrogen and oxygen atoms in total. The van der Waals surface area contributed by atoms with Gasteiger partial charge in [-0.1, -0.05) is 24.6 Å². The van der Waals surface area contributed by atoms with Crippen LogP contribution in [0, 0.1) is 6.92 Å². The molecule has 0 bridgehead atoms. The minimum absolute atomic E-state index is 0.258. The van der Waals surface area contributed by atoms with Crippen LogP contribution in [-0.4, -0.2) is 16.4 Å². The van der Waals surface area contributed by atoms with Crippen molar-refractivity contribution in [2.24, 2.45) is 5.10 Å². The van der Waals surface area contributed by atoms with Crippen LogP contribution in [-0.2, 0) is 0 Å². The number of hydrazone groups is 1. The lowest BCUT2D eigenvalue weighted by molar-refractivity contribution is -0.140. The highest BCUT2D eigenvalue weighted by Crippen LogP contribution is 2.51. The Labute approximate surface area is 142 Å². The van der Waals surface area contributed by atoms with Crippen LogP contribution in [0.25, 0.3) is 0 Å². The maximum atomic E-state index is 6.55. The van der Waals surface area contributed by atoms with Crippen molar-refractivity contribution in [3.8, 4) is 5.75 Å². The van der Waals surface area contributed by atoms with Crippen molar-refractivity contribution in [1.29, 1.82) is 0 Å².